The van der Waals surface area contributed by atoms with Gasteiger partial charge in [0.1, 0.15) is 5.75 Å². The van der Waals surface area contributed by atoms with Crippen LogP contribution >= 0.6 is 11.3 Å². The topological polar surface area (TPSA) is 73.0 Å². The molecule has 3 aromatic rings. The zero-order valence-corrected chi connectivity index (χ0v) is 16.9. The number of ether oxygens (including phenoxy) is 1. The summed E-state index contributed by atoms with van der Waals surface area (Å²) < 4.78 is 7.04. The Kier molecular flexibility index (Phi) is 5.63. The minimum absolute atomic E-state index is 0.218. The SMILES string of the molecule is COc1cccc(/C=N/N=c2\scc(C3=CC(=O)C=CC3=O)n2-c2ccccc2)c1. The molecule has 1 heterocycles. The summed E-state index contributed by atoms with van der Waals surface area (Å²) in [5, 5.41) is 10.4. The first-order valence-corrected chi connectivity index (χ1v) is 9.99. The lowest BCUT2D eigenvalue weighted by molar-refractivity contribution is -0.113. The molecule has 0 fully saturated rings. The summed E-state index contributed by atoms with van der Waals surface area (Å²) in [6, 6.07) is 17.0. The fraction of sp³-hybridized carbons (Fsp3) is 0.0435. The smallest absolute Gasteiger partial charge is 0.215 e. The number of hydrogen-bond donors (Lipinski definition) is 0. The van der Waals surface area contributed by atoms with Crippen LogP contribution in [0.4, 0.5) is 0 Å². The molecule has 0 saturated heterocycles. The lowest BCUT2D eigenvalue weighted by Gasteiger charge is -2.11. The van der Waals surface area contributed by atoms with Crippen LogP contribution in [-0.2, 0) is 9.59 Å². The van der Waals surface area contributed by atoms with E-state index in [1.807, 2.05) is 64.5 Å². The van der Waals surface area contributed by atoms with E-state index < -0.39 is 0 Å². The summed E-state index contributed by atoms with van der Waals surface area (Å²) >= 11 is 1.34. The van der Waals surface area contributed by atoms with Crippen LogP contribution in [0.25, 0.3) is 11.3 Å². The van der Waals surface area contributed by atoms with E-state index in [1.54, 1.807) is 13.3 Å². The maximum atomic E-state index is 12.4. The average molecular weight is 415 g/mol. The molecule has 0 bridgehead atoms. The van der Waals surface area contributed by atoms with E-state index in [0.717, 1.165) is 17.0 Å². The Morgan fingerprint density at radius 3 is 2.67 bits per heavy atom. The van der Waals surface area contributed by atoms with E-state index in [2.05, 4.69) is 10.2 Å². The van der Waals surface area contributed by atoms with Crippen LogP contribution in [0.1, 0.15) is 11.3 Å². The van der Waals surface area contributed by atoms with E-state index in [4.69, 9.17) is 4.74 Å². The maximum absolute atomic E-state index is 12.4. The van der Waals surface area contributed by atoms with Gasteiger partial charge >= 0.3 is 0 Å². The quantitative estimate of drug-likeness (QED) is 0.363. The third kappa shape index (κ3) is 4.11. The number of hydrogen-bond acceptors (Lipinski definition) is 6. The Balaban J connectivity index is 1.80. The fourth-order valence-corrected chi connectivity index (χ4v) is 3.82. The highest BCUT2D eigenvalue weighted by Gasteiger charge is 2.20. The van der Waals surface area contributed by atoms with Crippen LogP contribution in [0.15, 0.2) is 88.4 Å². The molecule has 6 nitrogen and oxygen atoms in total. The number of rotatable bonds is 5. The van der Waals surface area contributed by atoms with Crippen LogP contribution in [-0.4, -0.2) is 29.5 Å². The lowest BCUT2D eigenvalue weighted by Crippen LogP contribution is -2.18. The molecule has 1 aliphatic carbocycles. The number of benzene rings is 2. The minimum Gasteiger partial charge on any atom is -0.497 e. The summed E-state index contributed by atoms with van der Waals surface area (Å²) in [4.78, 5) is 24.8. The average Bonchev–Trinajstić information content (AvgIpc) is 3.20. The van der Waals surface area contributed by atoms with Crippen LogP contribution < -0.4 is 9.54 Å². The van der Waals surface area contributed by atoms with Gasteiger partial charge in [-0.2, -0.15) is 5.10 Å². The molecule has 0 N–H and O–H groups in total. The predicted octanol–water partition coefficient (Wildman–Crippen LogP) is 3.57. The van der Waals surface area contributed by atoms with Crippen molar-refractivity contribution in [2.75, 3.05) is 7.11 Å². The van der Waals surface area contributed by atoms with Crippen molar-refractivity contribution >= 4 is 34.7 Å². The van der Waals surface area contributed by atoms with Gasteiger partial charge < -0.3 is 4.74 Å². The number of carbonyl (C=O) groups is 2. The second-order valence-electron chi connectivity index (χ2n) is 6.35. The minimum atomic E-state index is -0.219. The van der Waals surface area contributed by atoms with E-state index in [1.165, 1.54) is 29.6 Å². The second kappa shape index (κ2) is 8.67. The van der Waals surface area contributed by atoms with Gasteiger partial charge in [0, 0.05) is 11.1 Å². The molecular weight excluding hydrogens is 398 g/mol. The molecule has 0 radical (unpaired) electrons. The van der Waals surface area contributed by atoms with Gasteiger partial charge in [-0.15, -0.1) is 16.4 Å². The normalized spacial score (nSPS) is 14.4. The van der Waals surface area contributed by atoms with E-state index in [-0.39, 0.29) is 11.6 Å². The van der Waals surface area contributed by atoms with Crippen molar-refractivity contribution in [2.24, 2.45) is 10.2 Å². The van der Waals surface area contributed by atoms with Gasteiger partial charge in [-0.3, -0.25) is 14.2 Å². The zero-order chi connectivity index (χ0) is 20.9. The number of nitrogens with zero attached hydrogens (tertiary/aromatic N) is 3. The number of aromatic nitrogens is 1. The monoisotopic (exact) mass is 415 g/mol. The summed E-state index contributed by atoms with van der Waals surface area (Å²) in [5.41, 5.74) is 2.60. The van der Waals surface area contributed by atoms with Crippen LogP contribution in [0.3, 0.4) is 0 Å². The number of carbonyl (C=O) groups excluding carboxylic acids is 2. The van der Waals surface area contributed by atoms with Gasteiger partial charge in [0.15, 0.2) is 11.6 Å². The number of methoxy groups -OCH3 is 1. The standard InChI is InChI=1S/C23H17N3O3S/c1-29-19-9-5-6-16(12-19)14-24-25-23-26(17-7-3-2-4-8-17)21(15-30-23)20-13-18(27)10-11-22(20)28/h2-15H,1H3/b24-14+,25-23-. The van der Waals surface area contributed by atoms with E-state index in [9.17, 15) is 9.59 Å². The van der Waals surface area contributed by atoms with Crippen molar-refractivity contribution in [1.82, 2.24) is 4.57 Å². The van der Waals surface area contributed by atoms with Crippen molar-refractivity contribution in [2.45, 2.75) is 0 Å². The maximum Gasteiger partial charge on any atom is 0.215 e. The van der Waals surface area contributed by atoms with Gasteiger partial charge in [0.25, 0.3) is 0 Å². The Morgan fingerprint density at radius 1 is 1.03 bits per heavy atom. The summed E-state index contributed by atoms with van der Waals surface area (Å²) in [6.45, 7) is 0. The summed E-state index contributed by atoms with van der Waals surface area (Å²) in [7, 11) is 1.61. The molecule has 0 atom stereocenters. The molecule has 0 spiro atoms. The molecule has 148 valence electrons. The molecule has 0 unspecified atom stereocenters. The van der Waals surface area contributed by atoms with Crippen molar-refractivity contribution in [1.29, 1.82) is 0 Å². The number of allylic oxidation sites excluding steroid dienone is 4. The van der Waals surface area contributed by atoms with Gasteiger partial charge in [0.05, 0.1) is 24.6 Å². The molecule has 0 aliphatic heterocycles. The van der Waals surface area contributed by atoms with E-state index in [0.29, 0.717) is 16.1 Å². The predicted molar refractivity (Wildman–Crippen MR) is 117 cm³/mol. The highest BCUT2D eigenvalue weighted by molar-refractivity contribution is 7.07. The molecule has 4 rings (SSSR count). The Bertz CT molecular complexity index is 1260. The van der Waals surface area contributed by atoms with Crippen molar-refractivity contribution in [3.05, 3.63) is 94.3 Å². The first kappa shape index (κ1) is 19.5. The lowest BCUT2D eigenvalue weighted by atomic mass is 10.0. The van der Waals surface area contributed by atoms with Gasteiger partial charge in [-0.1, -0.05) is 30.3 Å². The molecule has 0 saturated carbocycles. The van der Waals surface area contributed by atoms with Crippen LogP contribution in [0, 0.1) is 0 Å². The molecular formula is C23H17N3O3S. The third-order valence-corrected chi connectivity index (χ3v) is 5.21. The molecule has 0 amide bonds. The molecule has 30 heavy (non-hydrogen) atoms. The molecule has 2 aromatic carbocycles. The largest absolute Gasteiger partial charge is 0.497 e. The number of thiazole rings is 1. The Hall–Kier alpha value is -3.84. The highest BCUT2D eigenvalue weighted by Crippen LogP contribution is 2.23. The molecule has 1 aromatic heterocycles. The van der Waals surface area contributed by atoms with Gasteiger partial charge in [-0.25, -0.2) is 0 Å². The second-order valence-corrected chi connectivity index (χ2v) is 7.19. The summed E-state index contributed by atoms with van der Waals surface area (Å²) in [6.07, 6.45) is 5.55. The fourth-order valence-electron chi connectivity index (χ4n) is 2.97. The van der Waals surface area contributed by atoms with E-state index >= 15 is 0 Å². The number of para-hydroxylation sites is 1. The van der Waals surface area contributed by atoms with Gasteiger partial charge in [-0.05, 0) is 48.1 Å². The Labute approximate surface area is 176 Å². The van der Waals surface area contributed by atoms with Gasteiger partial charge in [0.2, 0.25) is 4.80 Å². The number of ketones is 2. The Morgan fingerprint density at radius 2 is 1.87 bits per heavy atom. The van der Waals surface area contributed by atoms with Crippen LogP contribution in [0.5, 0.6) is 5.75 Å². The first-order chi connectivity index (χ1) is 14.7. The molecule has 7 heteroatoms. The highest BCUT2D eigenvalue weighted by atomic mass is 32.1. The van der Waals surface area contributed by atoms with Crippen molar-refractivity contribution < 1.29 is 14.3 Å². The first-order valence-electron chi connectivity index (χ1n) is 9.11. The summed E-state index contributed by atoms with van der Waals surface area (Å²) in [5.74, 6) is 0.297. The molecule has 1 aliphatic rings. The van der Waals surface area contributed by atoms with Crippen molar-refractivity contribution in [3.8, 4) is 11.4 Å². The van der Waals surface area contributed by atoms with Crippen molar-refractivity contribution in [3.63, 3.8) is 0 Å². The third-order valence-electron chi connectivity index (χ3n) is 4.39. The van der Waals surface area contributed by atoms with Crippen LogP contribution in [0.2, 0.25) is 0 Å². The zero-order valence-electron chi connectivity index (χ0n) is 16.1.